The second-order valence-corrected chi connectivity index (χ2v) is 6.42. The predicted molar refractivity (Wildman–Crippen MR) is 78.5 cm³/mol. The van der Waals surface area contributed by atoms with Crippen molar-refractivity contribution in [1.82, 2.24) is 15.3 Å². The zero-order valence-electron chi connectivity index (χ0n) is 11.1. The normalized spacial score (nSPS) is 12.3. The van der Waals surface area contributed by atoms with Crippen LogP contribution < -0.4 is 5.32 Å². The van der Waals surface area contributed by atoms with E-state index in [0.29, 0.717) is 15.4 Å². The van der Waals surface area contributed by atoms with Gasteiger partial charge in [-0.25, -0.2) is 14.8 Å². The van der Waals surface area contributed by atoms with Gasteiger partial charge in [-0.15, -0.1) is 11.3 Å². The van der Waals surface area contributed by atoms with Crippen molar-refractivity contribution in [3.8, 4) is 0 Å². The number of fused-ring (bicyclic) bond motifs is 1. The maximum Gasteiger partial charge on any atom is 0.346 e. The third kappa shape index (κ3) is 2.61. The van der Waals surface area contributed by atoms with E-state index < -0.39 is 5.97 Å². The minimum atomic E-state index is -0.971. The van der Waals surface area contributed by atoms with E-state index in [1.165, 1.54) is 18.1 Å². The number of aromatic carboxylic acids is 1. The molecule has 0 radical (unpaired) electrons. The zero-order chi connectivity index (χ0) is 14.9. The van der Waals surface area contributed by atoms with Crippen LogP contribution in [0.15, 0.2) is 11.4 Å². The summed E-state index contributed by atoms with van der Waals surface area (Å²) in [5.41, 5.74) is 0.643. The van der Waals surface area contributed by atoms with Crippen molar-refractivity contribution in [3.05, 3.63) is 16.8 Å². The molecule has 0 spiro atoms. The van der Waals surface area contributed by atoms with Gasteiger partial charge >= 0.3 is 5.97 Å². The maximum absolute atomic E-state index is 11.6. The van der Waals surface area contributed by atoms with Gasteiger partial charge in [0.05, 0.1) is 5.25 Å². The van der Waals surface area contributed by atoms with E-state index in [0.717, 1.165) is 16.7 Å². The molecule has 1 unspecified atom stereocenters. The molecule has 106 valence electrons. The fourth-order valence-electron chi connectivity index (χ4n) is 1.76. The van der Waals surface area contributed by atoms with Crippen molar-refractivity contribution >= 4 is 45.2 Å². The van der Waals surface area contributed by atoms with Crippen molar-refractivity contribution in [2.75, 3.05) is 7.05 Å². The number of carbonyl (C=O) groups excluding carboxylic acids is 1. The number of amides is 1. The summed E-state index contributed by atoms with van der Waals surface area (Å²) in [6.07, 6.45) is 1.39. The summed E-state index contributed by atoms with van der Waals surface area (Å²) in [5.74, 6) is -1.08. The second-order valence-electron chi connectivity index (χ2n) is 4.09. The second kappa shape index (κ2) is 5.76. The first kappa shape index (κ1) is 14.7. The van der Waals surface area contributed by atoms with E-state index >= 15 is 0 Å². The smallest absolute Gasteiger partial charge is 0.346 e. The number of nitrogens with one attached hydrogen (secondary N) is 1. The Kier molecular flexibility index (Phi) is 4.24. The number of aryl methyl sites for hydroxylation is 1. The van der Waals surface area contributed by atoms with Crippen LogP contribution in [0.2, 0.25) is 0 Å². The Hall–Kier alpha value is -1.67. The quantitative estimate of drug-likeness (QED) is 0.662. The highest BCUT2D eigenvalue weighted by atomic mass is 32.2. The van der Waals surface area contributed by atoms with E-state index in [2.05, 4.69) is 15.3 Å². The van der Waals surface area contributed by atoms with E-state index in [-0.39, 0.29) is 16.0 Å². The molecule has 2 rings (SSSR count). The Morgan fingerprint density at radius 2 is 2.15 bits per heavy atom. The fourth-order valence-corrected chi connectivity index (χ4v) is 3.84. The number of rotatable bonds is 4. The third-order valence-electron chi connectivity index (χ3n) is 2.79. The molecule has 8 heteroatoms. The number of carboxylic acids is 1. The Bertz CT molecular complexity index is 684. The summed E-state index contributed by atoms with van der Waals surface area (Å²) >= 11 is 2.42. The molecule has 0 fully saturated rings. The molecule has 2 heterocycles. The van der Waals surface area contributed by atoms with Crippen molar-refractivity contribution in [2.45, 2.75) is 24.1 Å². The SMILES string of the molecule is CNC(=O)C(C)Sc1ncnc2sc(C(=O)O)c(C)c12. The molecular weight excluding hydrogens is 298 g/mol. The predicted octanol–water partition coefficient (Wildman–Crippen LogP) is 1.92. The molecule has 0 saturated carbocycles. The lowest BCUT2D eigenvalue weighted by molar-refractivity contribution is -0.119. The van der Waals surface area contributed by atoms with Crippen molar-refractivity contribution in [3.63, 3.8) is 0 Å². The van der Waals surface area contributed by atoms with Gasteiger partial charge in [0.1, 0.15) is 21.1 Å². The third-order valence-corrected chi connectivity index (χ3v) is 5.08. The number of aromatic nitrogens is 2. The number of thiophene rings is 1. The number of carboxylic acid groups (broad SMARTS) is 1. The molecule has 0 aromatic carbocycles. The van der Waals surface area contributed by atoms with Gasteiger partial charge in [-0.2, -0.15) is 0 Å². The molecule has 20 heavy (non-hydrogen) atoms. The van der Waals surface area contributed by atoms with Gasteiger partial charge in [0.15, 0.2) is 0 Å². The monoisotopic (exact) mass is 311 g/mol. The number of carbonyl (C=O) groups is 2. The Labute approximate surface area is 123 Å². The molecule has 1 amide bonds. The highest BCUT2D eigenvalue weighted by Gasteiger charge is 2.21. The molecule has 1 atom stereocenters. The highest BCUT2D eigenvalue weighted by Crippen LogP contribution is 2.36. The molecule has 0 saturated heterocycles. The lowest BCUT2D eigenvalue weighted by atomic mass is 10.2. The minimum Gasteiger partial charge on any atom is -0.477 e. The zero-order valence-corrected chi connectivity index (χ0v) is 12.8. The van der Waals surface area contributed by atoms with Crippen LogP contribution >= 0.6 is 23.1 Å². The van der Waals surface area contributed by atoms with Gasteiger partial charge in [-0.1, -0.05) is 11.8 Å². The summed E-state index contributed by atoms with van der Waals surface area (Å²) in [5, 5.41) is 12.8. The molecule has 2 aromatic rings. The molecule has 0 bridgehead atoms. The number of thioether (sulfide) groups is 1. The molecule has 0 aliphatic heterocycles. The van der Waals surface area contributed by atoms with E-state index in [1.54, 1.807) is 20.9 Å². The van der Waals surface area contributed by atoms with E-state index in [4.69, 9.17) is 5.11 Å². The molecule has 2 aromatic heterocycles. The average molecular weight is 311 g/mol. The molecular formula is C12H13N3O3S2. The van der Waals surface area contributed by atoms with E-state index in [9.17, 15) is 9.59 Å². The van der Waals surface area contributed by atoms with Gasteiger partial charge < -0.3 is 10.4 Å². The summed E-state index contributed by atoms with van der Waals surface area (Å²) in [6, 6.07) is 0. The van der Waals surface area contributed by atoms with Gasteiger partial charge in [-0.3, -0.25) is 4.79 Å². The van der Waals surface area contributed by atoms with Crippen LogP contribution in [0.4, 0.5) is 0 Å². The highest BCUT2D eigenvalue weighted by molar-refractivity contribution is 8.00. The van der Waals surface area contributed by atoms with Crippen LogP contribution in [0.5, 0.6) is 0 Å². The Morgan fingerprint density at radius 1 is 1.45 bits per heavy atom. The van der Waals surface area contributed by atoms with Crippen LogP contribution in [0, 0.1) is 6.92 Å². The van der Waals surface area contributed by atoms with Crippen LogP contribution in [-0.2, 0) is 4.79 Å². The van der Waals surface area contributed by atoms with Crippen LogP contribution in [-0.4, -0.2) is 39.2 Å². The first-order valence-corrected chi connectivity index (χ1v) is 7.51. The van der Waals surface area contributed by atoms with Crippen molar-refractivity contribution in [2.24, 2.45) is 0 Å². The van der Waals surface area contributed by atoms with Gasteiger partial charge in [0.25, 0.3) is 0 Å². The van der Waals surface area contributed by atoms with Crippen LogP contribution in [0.1, 0.15) is 22.2 Å². The lowest BCUT2D eigenvalue weighted by Crippen LogP contribution is -2.27. The largest absolute Gasteiger partial charge is 0.477 e. The summed E-state index contributed by atoms with van der Waals surface area (Å²) in [4.78, 5) is 31.9. The van der Waals surface area contributed by atoms with Crippen molar-refractivity contribution in [1.29, 1.82) is 0 Å². The molecule has 0 aliphatic carbocycles. The van der Waals surface area contributed by atoms with Crippen LogP contribution in [0.3, 0.4) is 0 Å². The van der Waals surface area contributed by atoms with E-state index in [1.807, 2.05) is 0 Å². The number of hydrogen-bond donors (Lipinski definition) is 2. The number of hydrogen-bond acceptors (Lipinski definition) is 6. The summed E-state index contributed by atoms with van der Waals surface area (Å²) in [6.45, 7) is 3.51. The topological polar surface area (TPSA) is 92.2 Å². The summed E-state index contributed by atoms with van der Waals surface area (Å²) < 4.78 is 0. The minimum absolute atomic E-state index is 0.104. The Morgan fingerprint density at radius 3 is 2.75 bits per heavy atom. The molecule has 2 N–H and O–H groups in total. The first-order valence-electron chi connectivity index (χ1n) is 5.81. The molecule has 6 nitrogen and oxygen atoms in total. The average Bonchev–Trinajstić information content (AvgIpc) is 2.76. The number of nitrogens with zero attached hydrogens (tertiary/aromatic N) is 2. The first-order chi connectivity index (χ1) is 9.45. The standard InChI is InChI=1S/C12H13N3O3S2/c1-5-7-10(19-6(2)9(16)13-3)14-4-15-11(7)20-8(5)12(17)18/h4,6H,1-3H3,(H,13,16)(H,17,18). The Balaban J connectivity index is 2.49. The van der Waals surface area contributed by atoms with Crippen LogP contribution in [0.25, 0.3) is 10.2 Å². The maximum atomic E-state index is 11.6. The fraction of sp³-hybridized carbons (Fsp3) is 0.333. The van der Waals surface area contributed by atoms with Gasteiger partial charge in [0, 0.05) is 12.4 Å². The summed E-state index contributed by atoms with van der Waals surface area (Å²) in [7, 11) is 1.58. The molecule has 0 aliphatic rings. The van der Waals surface area contributed by atoms with Gasteiger partial charge in [-0.05, 0) is 19.4 Å². The van der Waals surface area contributed by atoms with Crippen molar-refractivity contribution < 1.29 is 14.7 Å². The lowest BCUT2D eigenvalue weighted by Gasteiger charge is -2.09. The van der Waals surface area contributed by atoms with Gasteiger partial charge in [0.2, 0.25) is 5.91 Å².